The summed E-state index contributed by atoms with van der Waals surface area (Å²) in [5.41, 5.74) is 2.98. The Morgan fingerprint density at radius 3 is 0.235 bits per heavy atom. The molecule has 0 radical (unpaired) electrons. The lowest BCUT2D eigenvalue weighted by Gasteiger charge is -1.88. The van der Waals surface area contributed by atoms with Crippen LogP contribution in [-0.4, -0.2) is 99.7 Å². The van der Waals surface area contributed by atoms with Gasteiger partial charge in [0.15, 0.2) is 0 Å². The Labute approximate surface area is 464 Å². The van der Waals surface area contributed by atoms with Gasteiger partial charge in [0.2, 0.25) is 0 Å². The van der Waals surface area contributed by atoms with Gasteiger partial charge in [-0.05, 0) is 109 Å². The molecule has 0 unspecified atom stereocenters. The third-order valence-electron chi connectivity index (χ3n) is 9.19. The number of carbonyl (C=O) groups is 9. The van der Waals surface area contributed by atoms with Crippen LogP contribution in [0, 0.1) is 0 Å². The van der Waals surface area contributed by atoms with Crippen molar-refractivity contribution in [1.82, 2.24) is 0 Å². The highest BCUT2D eigenvalue weighted by molar-refractivity contribution is 5.90. The van der Waals surface area contributed by atoms with E-state index in [-0.39, 0.29) is 0 Å². The Balaban J connectivity index is 0.000000456. The Bertz CT molecular complexity index is 2540. The normalized spacial score (nSPS) is 8.89. The van der Waals surface area contributed by atoms with Crippen LogP contribution in [0.1, 0.15) is 93.2 Å². The van der Waals surface area contributed by atoms with Crippen LogP contribution in [0.5, 0.6) is 0 Å². The van der Waals surface area contributed by atoms with Gasteiger partial charge >= 0.3 is 53.7 Å². The summed E-state index contributed by atoms with van der Waals surface area (Å²) in [4.78, 5) is 91.8. The molecule has 0 atom stereocenters. The quantitative estimate of drug-likeness (QED) is 0.0648. The fraction of sp³-hybridized carbons (Fsp3) is 0. The van der Waals surface area contributed by atoms with Gasteiger partial charge in [-0.15, -0.1) is 0 Å². The van der Waals surface area contributed by atoms with Gasteiger partial charge in [0.05, 0.1) is 50.1 Å². The molecule has 18 nitrogen and oxygen atoms in total. The number of hydrogen-bond acceptors (Lipinski definition) is 9. The highest BCUT2D eigenvalue weighted by Gasteiger charge is 2.02. The second-order valence-corrected chi connectivity index (χ2v) is 15.0. The smallest absolute Gasteiger partial charge is 0.335 e. The van der Waals surface area contributed by atoms with E-state index in [9.17, 15) is 43.2 Å². The summed E-state index contributed by atoms with van der Waals surface area (Å²) in [6.45, 7) is 0. The lowest BCUT2D eigenvalue weighted by atomic mass is 10.2. The molecule has 0 saturated carbocycles. The van der Waals surface area contributed by atoms with Crippen LogP contribution in [0.4, 0.5) is 0 Å². The van der Waals surface area contributed by atoms with E-state index in [1.807, 2.05) is 0 Å². The van der Waals surface area contributed by atoms with E-state index in [1.165, 1.54) is 0 Å². The molecule has 9 N–H and O–H groups in total. The summed E-state index contributed by atoms with van der Waals surface area (Å²) in [7, 11) is 0. The van der Waals surface area contributed by atoms with Gasteiger partial charge < -0.3 is 46.0 Å². The summed E-state index contributed by atoms with van der Waals surface area (Å²) >= 11 is 0. The Kier molecular flexibility index (Phi) is 33.6. The van der Waals surface area contributed by atoms with Gasteiger partial charge in [0.1, 0.15) is 0 Å². The minimum Gasteiger partial charge on any atom is -0.478 e. The van der Waals surface area contributed by atoms with Gasteiger partial charge in [0.25, 0.3) is 0 Å². The molecule has 0 aliphatic heterocycles. The minimum absolute atomic E-state index is 0.331. The molecule has 18 heteroatoms. The van der Waals surface area contributed by atoms with Gasteiger partial charge in [-0.3, -0.25) is 0 Å². The van der Waals surface area contributed by atoms with E-state index in [0.29, 0.717) is 50.1 Å². The van der Waals surface area contributed by atoms with Crippen molar-refractivity contribution in [3.63, 3.8) is 0 Å². The molecule has 0 spiro atoms. The summed E-state index contributed by atoms with van der Waals surface area (Å²) < 4.78 is 0. The van der Waals surface area contributed by atoms with E-state index >= 15 is 0 Å². The SMILES string of the molecule is O=C(O)c1ccccc1.O=C(O)c1ccccc1.O=C(O)c1ccccc1.O=C(O)c1ccccc1.O=C(O)c1ccccc1.O=C(O)c1ccccc1.O=C(O)c1ccccc1.O=C(O)c1ccccc1.O=C(O)c1ccccc1. The second kappa shape index (κ2) is 40.5. The summed E-state index contributed by atoms with van der Waals surface area (Å²) in [5, 5.41) is 75.5. The van der Waals surface area contributed by atoms with E-state index in [1.54, 1.807) is 273 Å². The number of benzene rings is 9. The summed E-state index contributed by atoms with van der Waals surface area (Å²) in [5.74, 6) is -7.91. The molecular formula is C63H54O18. The molecule has 9 rings (SSSR count). The highest BCUT2D eigenvalue weighted by Crippen LogP contribution is 2.02. The molecule has 0 amide bonds. The average molecular weight is 1100 g/mol. The maximum Gasteiger partial charge on any atom is 0.335 e. The number of carboxylic acid groups (broad SMARTS) is 9. The molecule has 9 aromatic rings. The van der Waals surface area contributed by atoms with Crippen molar-refractivity contribution in [1.29, 1.82) is 0 Å². The predicted octanol–water partition coefficient (Wildman–Crippen LogP) is 12.5. The van der Waals surface area contributed by atoms with Gasteiger partial charge in [0, 0.05) is 0 Å². The molecule has 0 aliphatic rings. The van der Waals surface area contributed by atoms with E-state index in [4.69, 9.17) is 46.0 Å². The van der Waals surface area contributed by atoms with Crippen molar-refractivity contribution in [2.75, 3.05) is 0 Å². The van der Waals surface area contributed by atoms with Crippen LogP contribution in [-0.2, 0) is 0 Å². The highest BCUT2D eigenvalue weighted by atomic mass is 16.4. The summed E-state index contributed by atoms with van der Waals surface area (Å²) in [6.07, 6.45) is 0. The maximum absolute atomic E-state index is 10.2. The molecule has 81 heavy (non-hydrogen) atoms. The van der Waals surface area contributed by atoms with Crippen LogP contribution in [0.3, 0.4) is 0 Å². The molecular weight excluding hydrogens is 1040 g/mol. The first-order chi connectivity index (χ1) is 38.7. The third-order valence-corrected chi connectivity index (χ3v) is 9.19. The zero-order valence-electron chi connectivity index (χ0n) is 42.7. The lowest BCUT2D eigenvalue weighted by molar-refractivity contribution is 0.0686. The number of hydrogen-bond donors (Lipinski definition) is 9. The molecule has 0 fully saturated rings. The van der Waals surface area contributed by atoms with Crippen molar-refractivity contribution < 1.29 is 89.1 Å². The average Bonchev–Trinajstić information content (AvgIpc) is 3.50. The fourth-order valence-electron chi connectivity index (χ4n) is 5.23. The van der Waals surface area contributed by atoms with Crippen LogP contribution in [0.15, 0.2) is 273 Å². The first kappa shape index (κ1) is 67.2. The third kappa shape index (κ3) is 32.3. The molecule has 0 saturated heterocycles. The van der Waals surface area contributed by atoms with Crippen molar-refractivity contribution in [2.45, 2.75) is 0 Å². The lowest BCUT2D eigenvalue weighted by Crippen LogP contribution is -1.93. The number of rotatable bonds is 9. The Morgan fingerprint density at radius 2 is 0.198 bits per heavy atom. The van der Waals surface area contributed by atoms with E-state index in [0.717, 1.165) is 0 Å². The minimum atomic E-state index is -0.879. The van der Waals surface area contributed by atoms with Crippen molar-refractivity contribution in [3.05, 3.63) is 323 Å². The molecule has 9 aromatic carbocycles. The van der Waals surface area contributed by atoms with Crippen LogP contribution < -0.4 is 0 Å². The number of carboxylic acids is 9. The van der Waals surface area contributed by atoms with Crippen LogP contribution >= 0.6 is 0 Å². The van der Waals surface area contributed by atoms with Crippen molar-refractivity contribution >= 4 is 53.7 Å². The number of aromatic carboxylic acids is 9. The molecule has 0 aliphatic carbocycles. The van der Waals surface area contributed by atoms with Gasteiger partial charge in [-0.1, -0.05) is 164 Å². The maximum atomic E-state index is 10.2. The summed E-state index contributed by atoms with van der Waals surface area (Å²) in [6, 6.07) is 74.7. The van der Waals surface area contributed by atoms with Crippen molar-refractivity contribution in [3.8, 4) is 0 Å². The Morgan fingerprint density at radius 1 is 0.136 bits per heavy atom. The van der Waals surface area contributed by atoms with Crippen LogP contribution in [0.2, 0.25) is 0 Å². The molecule has 0 heterocycles. The second-order valence-electron chi connectivity index (χ2n) is 15.0. The monoisotopic (exact) mass is 1100 g/mol. The molecule has 0 bridgehead atoms. The van der Waals surface area contributed by atoms with Crippen molar-refractivity contribution in [2.24, 2.45) is 0 Å². The van der Waals surface area contributed by atoms with Gasteiger partial charge in [-0.2, -0.15) is 0 Å². The zero-order chi connectivity index (χ0) is 60.2. The standard InChI is InChI=1S/9C7H6O2/c9*8-7(9)6-4-2-1-3-5-6/h9*1-5H,(H,8,9). The van der Waals surface area contributed by atoms with Crippen LogP contribution in [0.25, 0.3) is 0 Å². The molecule has 414 valence electrons. The largest absolute Gasteiger partial charge is 0.478 e. The fourth-order valence-corrected chi connectivity index (χ4v) is 5.23. The predicted molar refractivity (Wildman–Crippen MR) is 301 cm³/mol. The van der Waals surface area contributed by atoms with E-state index in [2.05, 4.69) is 0 Å². The van der Waals surface area contributed by atoms with E-state index < -0.39 is 53.7 Å². The first-order valence-electron chi connectivity index (χ1n) is 23.3. The zero-order valence-corrected chi connectivity index (χ0v) is 42.7. The Hall–Kier alpha value is -11.8. The van der Waals surface area contributed by atoms with Gasteiger partial charge in [-0.25, -0.2) is 43.2 Å². The molecule has 0 aromatic heterocycles. The topological polar surface area (TPSA) is 336 Å². The first-order valence-corrected chi connectivity index (χ1v) is 23.3.